The maximum absolute atomic E-state index is 11.0. The summed E-state index contributed by atoms with van der Waals surface area (Å²) >= 11 is 1.80. The van der Waals surface area contributed by atoms with Gasteiger partial charge in [-0.25, -0.2) is 4.79 Å². The smallest absolute Gasteiger partial charge is 0.316 e. The molecule has 0 spiro atoms. The second-order valence-electron chi connectivity index (χ2n) is 4.28. The first-order valence-electron chi connectivity index (χ1n) is 5.59. The van der Waals surface area contributed by atoms with Gasteiger partial charge in [-0.2, -0.15) is 0 Å². The lowest BCUT2D eigenvalue weighted by molar-refractivity contribution is -0.137. The molecule has 0 aliphatic carbocycles. The molecule has 16 heavy (non-hydrogen) atoms. The number of hydrogen-bond acceptors (Lipinski definition) is 3. The number of amides is 2. The molecule has 2 amide bonds. The van der Waals surface area contributed by atoms with Gasteiger partial charge in [0.25, 0.3) is 0 Å². The number of unbranched alkanes of at least 4 members (excludes halogenated alkanes) is 1. The Morgan fingerprint density at radius 1 is 1.44 bits per heavy atom. The lowest BCUT2D eigenvalue weighted by atomic mass is 10.1. The van der Waals surface area contributed by atoms with Gasteiger partial charge >= 0.3 is 12.0 Å². The SMILES string of the molecule is O=C(O)CCCCC1CC2NC(=O)NC2S1. The maximum Gasteiger partial charge on any atom is 0.316 e. The second-order valence-corrected chi connectivity index (χ2v) is 5.72. The minimum Gasteiger partial charge on any atom is -0.481 e. The van der Waals surface area contributed by atoms with Crippen LogP contribution in [0.3, 0.4) is 0 Å². The van der Waals surface area contributed by atoms with Crippen molar-refractivity contribution in [3.05, 3.63) is 0 Å². The van der Waals surface area contributed by atoms with Crippen LogP contribution in [0.1, 0.15) is 32.1 Å². The Bertz CT molecular complexity index is 282. The molecule has 0 radical (unpaired) electrons. The van der Waals surface area contributed by atoms with Gasteiger partial charge in [0.2, 0.25) is 0 Å². The average molecular weight is 244 g/mol. The summed E-state index contributed by atoms with van der Waals surface area (Å²) in [6, 6.07) is 0.203. The molecule has 0 bridgehead atoms. The number of nitrogens with one attached hydrogen (secondary N) is 2. The van der Waals surface area contributed by atoms with E-state index in [1.54, 1.807) is 11.8 Å². The van der Waals surface area contributed by atoms with E-state index in [4.69, 9.17) is 5.11 Å². The zero-order chi connectivity index (χ0) is 11.5. The molecule has 3 unspecified atom stereocenters. The van der Waals surface area contributed by atoms with Gasteiger partial charge in [-0.1, -0.05) is 6.42 Å². The van der Waals surface area contributed by atoms with Gasteiger partial charge in [0, 0.05) is 11.7 Å². The molecular weight excluding hydrogens is 228 g/mol. The standard InChI is InChI=1S/C10H16N2O3S/c13-8(14)4-2-1-3-6-5-7-9(16-6)12-10(15)11-7/h6-7,9H,1-5H2,(H,13,14)(H2,11,12,15). The summed E-state index contributed by atoms with van der Waals surface area (Å²) in [5, 5.41) is 15.0. The Morgan fingerprint density at radius 3 is 2.94 bits per heavy atom. The molecule has 2 rings (SSSR count). The number of thioether (sulfide) groups is 1. The molecule has 0 aromatic rings. The van der Waals surface area contributed by atoms with Gasteiger partial charge in [-0.3, -0.25) is 4.79 Å². The number of rotatable bonds is 5. The largest absolute Gasteiger partial charge is 0.481 e. The predicted octanol–water partition coefficient (Wildman–Crippen LogP) is 1.14. The van der Waals surface area contributed by atoms with Crippen LogP contribution in [0.2, 0.25) is 0 Å². The van der Waals surface area contributed by atoms with Gasteiger partial charge in [0.15, 0.2) is 0 Å². The van der Waals surface area contributed by atoms with Crippen LogP contribution < -0.4 is 10.6 Å². The minimum atomic E-state index is -0.718. The summed E-state index contributed by atoms with van der Waals surface area (Å²) in [7, 11) is 0. The summed E-state index contributed by atoms with van der Waals surface area (Å²) in [5.74, 6) is -0.718. The number of carbonyl (C=O) groups excluding carboxylic acids is 1. The minimum absolute atomic E-state index is 0.0631. The van der Waals surface area contributed by atoms with Crippen molar-refractivity contribution in [3.8, 4) is 0 Å². The monoisotopic (exact) mass is 244 g/mol. The highest BCUT2D eigenvalue weighted by molar-refractivity contribution is 8.00. The molecule has 0 aromatic heterocycles. The Morgan fingerprint density at radius 2 is 2.25 bits per heavy atom. The van der Waals surface area contributed by atoms with Crippen molar-refractivity contribution >= 4 is 23.8 Å². The van der Waals surface area contributed by atoms with Crippen LogP contribution in [0, 0.1) is 0 Å². The summed E-state index contributed by atoms with van der Waals surface area (Å²) in [4.78, 5) is 21.3. The van der Waals surface area contributed by atoms with Crippen molar-refractivity contribution in [2.24, 2.45) is 0 Å². The van der Waals surface area contributed by atoms with Crippen molar-refractivity contribution < 1.29 is 14.7 Å². The Kier molecular flexibility index (Phi) is 3.58. The van der Waals surface area contributed by atoms with E-state index in [1.807, 2.05) is 0 Å². The van der Waals surface area contributed by atoms with Crippen LogP contribution >= 0.6 is 11.8 Å². The van der Waals surface area contributed by atoms with Gasteiger partial charge in [-0.05, 0) is 19.3 Å². The highest BCUT2D eigenvalue weighted by Crippen LogP contribution is 2.37. The number of urea groups is 1. The molecule has 90 valence electrons. The summed E-state index contributed by atoms with van der Waals surface area (Å²) in [6.07, 6.45) is 4.02. The van der Waals surface area contributed by atoms with E-state index in [2.05, 4.69) is 10.6 Å². The molecule has 3 atom stereocenters. The lowest BCUT2D eigenvalue weighted by Gasteiger charge is -2.09. The van der Waals surface area contributed by atoms with E-state index in [0.29, 0.717) is 5.25 Å². The second kappa shape index (κ2) is 4.95. The van der Waals surface area contributed by atoms with Crippen LogP contribution in [0.4, 0.5) is 4.79 Å². The number of hydrogen-bond donors (Lipinski definition) is 3. The third kappa shape index (κ3) is 2.81. The summed E-state index contributed by atoms with van der Waals surface area (Å²) < 4.78 is 0. The van der Waals surface area contributed by atoms with E-state index in [0.717, 1.165) is 25.7 Å². The summed E-state index contributed by atoms with van der Waals surface area (Å²) in [5.41, 5.74) is 0. The van der Waals surface area contributed by atoms with E-state index < -0.39 is 5.97 Å². The van der Waals surface area contributed by atoms with Crippen LogP contribution in [-0.2, 0) is 4.79 Å². The zero-order valence-electron chi connectivity index (χ0n) is 8.94. The molecule has 2 saturated heterocycles. The highest BCUT2D eigenvalue weighted by Gasteiger charge is 2.40. The number of carboxylic acid groups (broad SMARTS) is 1. The van der Waals surface area contributed by atoms with Crippen molar-refractivity contribution in [1.82, 2.24) is 10.6 Å². The van der Waals surface area contributed by atoms with Gasteiger partial charge < -0.3 is 15.7 Å². The Labute approximate surface area is 98.4 Å². The molecular formula is C10H16N2O3S. The topological polar surface area (TPSA) is 78.4 Å². The van der Waals surface area contributed by atoms with E-state index in [1.165, 1.54) is 0 Å². The van der Waals surface area contributed by atoms with Crippen LogP contribution in [0.15, 0.2) is 0 Å². The summed E-state index contributed by atoms with van der Waals surface area (Å²) in [6.45, 7) is 0. The quantitative estimate of drug-likeness (QED) is 0.634. The Balaban J connectivity index is 1.63. The lowest BCUT2D eigenvalue weighted by Crippen LogP contribution is -2.27. The predicted molar refractivity (Wildman–Crippen MR) is 61.3 cm³/mol. The van der Waals surface area contributed by atoms with Crippen LogP contribution in [-0.4, -0.2) is 33.8 Å². The fourth-order valence-corrected chi connectivity index (χ4v) is 3.79. The number of fused-ring (bicyclic) bond motifs is 1. The number of carboxylic acids is 1. The fourth-order valence-electron chi connectivity index (χ4n) is 2.21. The first kappa shape index (κ1) is 11.6. The van der Waals surface area contributed by atoms with E-state index in [9.17, 15) is 9.59 Å². The van der Waals surface area contributed by atoms with Crippen molar-refractivity contribution in [2.45, 2.75) is 48.8 Å². The Hall–Kier alpha value is -0.910. The van der Waals surface area contributed by atoms with Crippen molar-refractivity contribution in [2.75, 3.05) is 0 Å². The molecule has 2 aliphatic rings. The maximum atomic E-state index is 11.0. The fraction of sp³-hybridized carbons (Fsp3) is 0.800. The third-order valence-corrected chi connectivity index (χ3v) is 4.53. The van der Waals surface area contributed by atoms with Gasteiger partial charge in [0.1, 0.15) is 0 Å². The number of carbonyl (C=O) groups is 2. The van der Waals surface area contributed by atoms with Gasteiger partial charge in [0.05, 0.1) is 11.4 Å². The normalized spacial score (nSPS) is 32.0. The van der Waals surface area contributed by atoms with Crippen LogP contribution in [0.25, 0.3) is 0 Å². The first-order valence-corrected chi connectivity index (χ1v) is 6.54. The molecule has 2 heterocycles. The zero-order valence-corrected chi connectivity index (χ0v) is 9.76. The molecule has 0 saturated carbocycles. The first-order chi connectivity index (χ1) is 7.65. The van der Waals surface area contributed by atoms with Crippen molar-refractivity contribution in [1.29, 1.82) is 0 Å². The molecule has 3 N–H and O–H groups in total. The van der Waals surface area contributed by atoms with E-state index >= 15 is 0 Å². The highest BCUT2D eigenvalue weighted by atomic mass is 32.2. The molecule has 6 heteroatoms. The van der Waals surface area contributed by atoms with Crippen molar-refractivity contribution in [3.63, 3.8) is 0 Å². The van der Waals surface area contributed by atoms with Crippen LogP contribution in [0.5, 0.6) is 0 Å². The molecule has 2 fully saturated rings. The molecule has 0 aromatic carbocycles. The molecule has 2 aliphatic heterocycles. The van der Waals surface area contributed by atoms with Gasteiger partial charge in [-0.15, -0.1) is 11.8 Å². The third-order valence-electron chi connectivity index (χ3n) is 2.98. The molecule has 5 nitrogen and oxygen atoms in total. The number of aliphatic carboxylic acids is 1. The van der Waals surface area contributed by atoms with E-state index in [-0.39, 0.29) is 23.9 Å². The average Bonchev–Trinajstić information content (AvgIpc) is 2.68.